The molecule has 1 amide bonds. The standard InChI is InChI=1S/C23H25NO4S/c1-2-27-20-11-7-6-10-18(20)23-24(22(25)12-13-29-23)19(21-15-26-16-28-21)14-17-8-4-3-5-9-17/h3-11,15,19,23H,2,12-14,16H2,1H3. The van der Waals surface area contributed by atoms with Gasteiger partial charge in [0.05, 0.1) is 12.6 Å². The van der Waals surface area contributed by atoms with Crippen molar-refractivity contribution < 1.29 is 19.0 Å². The molecule has 1 saturated heterocycles. The lowest BCUT2D eigenvalue weighted by atomic mass is 10.0. The number of benzene rings is 2. The van der Waals surface area contributed by atoms with Crippen LogP contribution in [0.15, 0.2) is 66.6 Å². The van der Waals surface area contributed by atoms with Crippen molar-refractivity contribution in [3.05, 3.63) is 77.7 Å². The summed E-state index contributed by atoms with van der Waals surface area (Å²) in [4.78, 5) is 15.1. The molecule has 0 saturated carbocycles. The van der Waals surface area contributed by atoms with E-state index in [2.05, 4.69) is 12.1 Å². The number of rotatable bonds is 7. The van der Waals surface area contributed by atoms with E-state index in [9.17, 15) is 4.79 Å². The molecule has 2 aliphatic heterocycles. The summed E-state index contributed by atoms with van der Waals surface area (Å²) in [5.41, 5.74) is 2.17. The van der Waals surface area contributed by atoms with Gasteiger partial charge in [-0.05, 0) is 18.6 Å². The molecule has 29 heavy (non-hydrogen) atoms. The van der Waals surface area contributed by atoms with Crippen LogP contribution in [0, 0.1) is 0 Å². The molecule has 0 aliphatic carbocycles. The zero-order valence-electron chi connectivity index (χ0n) is 16.5. The van der Waals surface area contributed by atoms with E-state index in [0.717, 1.165) is 22.6 Å². The van der Waals surface area contributed by atoms with Gasteiger partial charge >= 0.3 is 0 Å². The molecule has 2 unspecified atom stereocenters. The highest BCUT2D eigenvalue weighted by atomic mass is 32.2. The lowest BCUT2D eigenvalue weighted by Crippen LogP contribution is -2.46. The van der Waals surface area contributed by atoms with E-state index in [0.29, 0.717) is 25.2 Å². The van der Waals surface area contributed by atoms with Crippen molar-refractivity contribution in [3.8, 4) is 5.75 Å². The molecule has 152 valence electrons. The minimum Gasteiger partial charge on any atom is -0.493 e. The van der Waals surface area contributed by atoms with E-state index in [1.807, 2.05) is 54.3 Å². The monoisotopic (exact) mass is 411 g/mol. The number of ether oxygens (including phenoxy) is 3. The van der Waals surface area contributed by atoms with Gasteiger partial charge in [-0.15, -0.1) is 11.8 Å². The minimum atomic E-state index is -0.236. The molecular weight excluding hydrogens is 386 g/mol. The predicted molar refractivity (Wildman–Crippen MR) is 113 cm³/mol. The van der Waals surface area contributed by atoms with E-state index in [4.69, 9.17) is 14.2 Å². The summed E-state index contributed by atoms with van der Waals surface area (Å²) in [5, 5.41) is -0.141. The summed E-state index contributed by atoms with van der Waals surface area (Å²) in [7, 11) is 0. The fraction of sp³-hybridized carbons (Fsp3) is 0.348. The van der Waals surface area contributed by atoms with Crippen LogP contribution < -0.4 is 4.74 Å². The first-order valence-corrected chi connectivity index (χ1v) is 11.0. The quantitative estimate of drug-likeness (QED) is 0.671. The molecule has 0 bridgehead atoms. The Balaban J connectivity index is 1.72. The smallest absolute Gasteiger partial charge is 0.229 e. The molecule has 1 fully saturated rings. The van der Waals surface area contributed by atoms with Gasteiger partial charge in [0, 0.05) is 24.2 Å². The molecular formula is C23H25NO4S. The number of thioether (sulfide) groups is 1. The van der Waals surface area contributed by atoms with Crippen molar-refractivity contribution in [2.45, 2.75) is 31.2 Å². The maximum Gasteiger partial charge on any atom is 0.229 e. The zero-order valence-corrected chi connectivity index (χ0v) is 17.3. The van der Waals surface area contributed by atoms with Crippen LogP contribution in [0.4, 0.5) is 0 Å². The van der Waals surface area contributed by atoms with Crippen LogP contribution in [-0.2, 0) is 20.7 Å². The minimum absolute atomic E-state index is 0.123. The Bertz CT molecular complexity index is 870. The van der Waals surface area contributed by atoms with E-state index in [-0.39, 0.29) is 24.1 Å². The van der Waals surface area contributed by atoms with Gasteiger partial charge < -0.3 is 19.1 Å². The SMILES string of the molecule is CCOc1ccccc1C1SCCC(=O)N1C(Cc1ccccc1)C1=COCO1. The molecule has 6 heteroatoms. The largest absolute Gasteiger partial charge is 0.493 e. The molecule has 2 heterocycles. The van der Waals surface area contributed by atoms with Gasteiger partial charge in [-0.1, -0.05) is 48.5 Å². The van der Waals surface area contributed by atoms with E-state index >= 15 is 0 Å². The van der Waals surface area contributed by atoms with Crippen LogP contribution in [0.1, 0.15) is 29.8 Å². The highest BCUT2D eigenvalue weighted by Crippen LogP contribution is 2.44. The normalized spacial score (nSPS) is 19.9. The Labute approximate surface area is 175 Å². The Morgan fingerprint density at radius 2 is 1.97 bits per heavy atom. The molecule has 0 N–H and O–H groups in total. The summed E-state index contributed by atoms with van der Waals surface area (Å²) in [6.45, 7) is 2.74. The van der Waals surface area contributed by atoms with Gasteiger partial charge in [0.15, 0.2) is 5.76 Å². The Hall–Kier alpha value is -2.60. The van der Waals surface area contributed by atoms with Gasteiger partial charge in [-0.2, -0.15) is 0 Å². The Kier molecular flexibility index (Phi) is 6.30. The summed E-state index contributed by atoms with van der Waals surface area (Å²) in [6.07, 6.45) is 2.82. The molecule has 4 rings (SSSR count). The van der Waals surface area contributed by atoms with Crippen molar-refractivity contribution in [1.82, 2.24) is 4.90 Å². The molecule has 0 aromatic heterocycles. The van der Waals surface area contributed by atoms with Crippen molar-refractivity contribution in [2.24, 2.45) is 0 Å². The fourth-order valence-corrected chi connectivity index (χ4v) is 5.06. The molecule has 2 aromatic rings. The first kappa shape index (κ1) is 19.7. The second-order valence-electron chi connectivity index (χ2n) is 6.90. The number of amides is 1. The van der Waals surface area contributed by atoms with Gasteiger partial charge in [0.1, 0.15) is 17.4 Å². The number of carbonyl (C=O) groups is 1. The lowest BCUT2D eigenvalue weighted by molar-refractivity contribution is -0.134. The molecule has 2 aliphatic rings. The Morgan fingerprint density at radius 1 is 1.17 bits per heavy atom. The summed E-state index contributed by atoms with van der Waals surface area (Å²) < 4.78 is 17.0. The van der Waals surface area contributed by atoms with Gasteiger partial charge in [0.25, 0.3) is 0 Å². The average molecular weight is 412 g/mol. The topological polar surface area (TPSA) is 48.0 Å². The molecule has 2 aromatic carbocycles. The second kappa shape index (κ2) is 9.27. The number of hydrogen-bond acceptors (Lipinski definition) is 5. The van der Waals surface area contributed by atoms with Crippen molar-refractivity contribution in [3.63, 3.8) is 0 Å². The lowest BCUT2D eigenvalue weighted by Gasteiger charge is -2.41. The maximum absolute atomic E-state index is 13.2. The third-order valence-electron chi connectivity index (χ3n) is 5.05. The highest BCUT2D eigenvalue weighted by molar-refractivity contribution is 7.99. The number of hydrogen-bond donors (Lipinski definition) is 0. The maximum atomic E-state index is 13.2. The first-order valence-electron chi connectivity index (χ1n) is 9.91. The van der Waals surface area contributed by atoms with Crippen molar-refractivity contribution in [1.29, 1.82) is 0 Å². The summed E-state index contributed by atoms with van der Waals surface area (Å²) in [6, 6.07) is 17.9. The van der Waals surface area contributed by atoms with Crippen LogP contribution in [0.3, 0.4) is 0 Å². The molecule has 0 spiro atoms. The van der Waals surface area contributed by atoms with Gasteiger partial charge in [0.2, 0.25) is 12.7 Å². The van der Waals surface area contributed by atoms with E-state index < -0.39 is 0 Å². The van der Waals surface area contributed by atoms with Crippen LogP contribution >= 0.6 is 11.8 Å². The van der Waals surface area contributed by atoms with Crippen LogP contribution in [0.5, 0.6) is 5.75 Å². The van der Waals surface area contributed by atoms with Gasteiger partial charge in [-0.25, -0.2) is 0 Å². The predicted octanol–water partition coefficient (Wildman–Crippen LogP) is 4.51. The third-order valence-corrected chi connectivity index (χ3v) is 6.28. The summed E-state index contributed by atoms with van der Waals surface area (Å²) >= 11 is 1.77. The zero-order chi connectivity index (χ0) is 20.1. The van der Waals surface area contributed by atoms with Crippen LogP contribution in [-0.4, -0.2) is 36.0 Å². The molecule has 5 nitrogen and oxygen atoms in total. The van der Waals surface area contributed by atoms with E-state index in [1.54, 1.807) is 18.0 Å². The third kappa shape index (κ3) is 4.37. The number of carbonyl (C=O) groups excluding carboxylic acids is 1. The van der Waals surface area contributed by atoms with Crippen molar-refractivity contribution in [2.75, 3.05) is 19.2 Å². The summed E-state index contributed by atoms with van der Waals surface area (Å²) in [5.74, 6) is 2.43. The Morgan fingerprint density at radius 3 is 2.72 bits per heavy atom. The number of para-hydroxylation sites is 1. The van der Waals surface area contributed by atoms with Crippen LogP contribution in [0.25, 0.3) is 0 Å². The van der Waals surface area contributed by atoms with Crippen LogP contribution in [0.2, 0.25) is 0 Å². The van der Waals surface area contributed by atoms with E-state index in [1.165, 1.54) is 0 Å². The first-order chi connectivity index (χ1) is 14.3. The highest BCUT2D eigenvalue weighted by Gasteiger charge is 2.39. The second-order valence-corrected chi connectivity index (χ2v) is 8.09. The molecule has 2 atom stereocenters. The van der Waals surface area contributed by atoms with Crippen molar-refractivity contribution >= 4 is 17.7 Å². The average Bonchev–Trinajstić information content (AvgIpc) is 3.28. The van der Waals surface area contributed by atoms with Gasteiger partial charge in [-0.3, -0.25) is 4.79 Å². The fourth-order valence-electron chi connectivity index (χ4n) is 3.75. The molecule has 0 radical (unpaired) electrons. The number of nitrogens with zero attached hydrogens (tertiary/aromatic N) is 1.